The van der Waals surface area contributed by atoms with Crippen molar-refractivity contribution in [1.82, 2.24) is 5.32 Å². The molecule has 1 amide bonds. The Balaban J connectivity index is 2.03. The summed E-state index contributed by atoms with van der Waals surface area (Å²) in [7, 11) is 0. The summed E-state index contributed by atoms with van der Waals surface area (Å²) in [5, 5.41) is 2.87. The molecule has 0 radical (unpaired) electrons. The van der Waals surface area contributed by atoms with E-state index in [2.05, 4.69) is 21.2 Å². The van der Waals surface area contributed by atoms with Gasteiger partial charge in [0.05, 0.1) is 16.4 Å². The molecular formula is C13H11BrClNOS. The zero-order valence-corrected chi connectivity index (χ0v) is 12.8. The lowest BCUT2D eigenvalue weighted by Gasteiger charge is -2.06. The fourth-order valence-corrected chi connectivity index (χ4v) is 3.21. The third kappa shape index (κ3) is 3.34. The minimum atomic E-state index is -0.0913. The summed E-state index contributed by atoms with van der Waals surface area (Å²) in [6.45, 7) is 2.48. The number of benzene rings is 1. The molecule has 0 unspecified atom stereocenters. The van der Waals surface area contributed by atoms with E-state index in [1.54, 1.807) is 0 Å². The molecule has 1 aromatic carbocycles. The van der Waals surface area contributed by atoms with Crippen molar-refractivity contribution >= 4 is 44.8 Å². The predicted molar refractivity (Wildman–Crippen MR) is 79.4 cm³/mol. The van der Waals surface area contributed by atoms with Gasteiger partial charge in [0, 0.05) is 9.35 Å². The van der Waals surface area contributed by atoms with Gasteiger partial charge in [-0.05, 0) is 52.7 Å². The Bertz CT molecular complexity index is 582. The van der Waals surface area contributed by atoms with Crippen molar-refractivity contribution in [3.63, 3.8) is 0 Å². The number of carbonyl (C=O) groups excluding carboxylic acids is 1. The zero-order chi connectivity index (χ0) is 13.1. The second kappa shape index (κ2) is 5.87. The molecule has 0 saturated heterocycles. The fourth-order valence-electron chi connectivity index (χ4n) is 1.51. The molecule has 2 aromatic rings. The summed E-state index contributed by atoms with van der Waals surface area (Å²) in [5.41, 5.74) is 1.76. The summed E-state index contributed by atoms with van der Waals surface area (Å²) >= 11 is 10.7. The lowest BCUT2D eigenvalue weighted by atomic mass is 10.1. The van der Waals surface area contributed by atoms with Crippen molar-refractivity contribution in [2.24, 2.45) is 0 Å². The van der Waals surface area contributed by atoms with Gasteiger partial charge in [-0.25, -0.2) is 0 Å². The van der Waals surface area contributed by atoms with Gasteiger partial charge in [-0.2, -0.15) is 0 Å². The van der Waals surface area contributed by atoms with Crippen LogP contribution in [0.25, 0.3) is 0 Å². The smallest absolute Gasteiger partial charge is 0.252 e. The molecule has 0 aliphatic heterocycles. The van der Waals surface area contributed by atoms with Crippen molar-refractivity contribution in [3.8, 4) is 0 Å². The van der Waals surface area contributed by atoms with Gasteiger partial charge in [0.15, 0.2) is 0 Å². The number of hydrogen-bond donors (Lipinski definition) is 1. The molecule has 0 aliphatic carbocycles. The SMILES string of the molecule is Cc1ccc(C(=O)NCc2ccc(Cl)s2)c(Br)c1. The van der Waals surface area contributed by atoms with Crippen LogP contribution in [-0.4, -0.2) is 5.91 Å². The van der Waals surface area contributed by atoms with Crippen LogP contribution in [0.1, 0.15) is 20.8 Å². The second-order valence-electron chi connectivity index (χ2n) is 3.87. The van der Waals surface area contributed by atoms with Crippen molar-refractivity contribution in [1.29, 1.82) is 0 Å². The van der Waals surface area contributed by atoms with Crippen LogP contribution < -0.4 is 5.32 Å². The average molecular weight is 345 g/mol. The van der Waals surface area contributed by atoms with Gasteiger partial charge in [0.2, 0.25) is 0 Å². The Labute approximate surface area is 123 Å². The summed E-state index contributed by atoms with van der Waals surface area (Å²) in [5.74, 6) is -0.0913. The average Bonchev–Trinajstić information content (AvgIpc) is 2.72. The number of rotatable bonds is 3. The van der Waals surface area contributed by atoms with E-state index in [1.165, 1.54) is 11.3 Å². The minimum Gasteiger partial charge on any atom is -0.347 e. The molecule has 0 atom stereocenters. The van der Waals surface area contributed by atoms with Crippen LogP contribution >= 0.6 is 38.9 Å². The first-order chi connectivity index (χ1) is 8.56. The third-order valence-corrected chi connectivity index (χ3v) is 4.31. The van der Waals surface area contributed by atoms with Crippen LogP contribution in [0.4, 0.5) is 0 Å². The molecule has 1 aromatic heterocycles. The molecular weight excluding hydrogens is 334 g/mol. The molecule has 0 saturated carbocycles. The van der Waals surface area contributed by atoms with E-state index in [4.69, 9.17) is 11.6 Å². The minimum absolute atomic E-state index is 0.0913. The first kappa shape index (κ1) is 13.6. The molecule has 0 bridgehead atoms. The quantitative estimate of drug-likeness (QED) is 0.878. The number of halogens is 2. The van der Waals surface area contributed by atoms with Crippen LogP contribution in [0.15, 0.2) is 34.8 Å². The molecule has 1 heterocycles. The normalized spacial score (nSPS) is 10.4. The van der Waals surface area contributed by atoms with Gasteiger partial charge in [-0.1, -0.05) is 17.7 Å². The number of carbonyl (C=O) groups is 1. The number of thiophene rings is 1. The molecule has 94 valence electrons. The van der Waals surface area contributed by atoms with Crippen molar-refractivity contribution in [2.75, 3.05) is 0 Å². The van der Waals surface area contributed by atoms with Gasteiger partial charge < -0.3 is 5.32 Å². The molecule has 18 heavy (non-hydrogen) atoms. The summed E-state index contributed by atoms with van der Waals surface area (Å²) in [6, 6.07) is 9.40. The predicted octanol–water partition coefficient (Wildman–Crippen LogP) is 4.40. The van der Waals surface area contributed by atoms with Crippen LogP contribution in [0.2, 0.25) is 4.34 Å². The van der Waals surface area contributed by atoms with E-state index in [0.29, 0.717) is 12.1 Å². The van der Waals surface area contributed by atoms with Gasteiger partial charge >= 0.3 is 0 Å². The maximum atomic E-state index is 12.0. The molecule has 0 fully saturated rings. The lowest BCUT2D eigenvalue weighted by Crippen LogP contribution is -2.22. The number of hydrogen-bond acceptors (Lipinski definition) is 2. The third-order valence-electron chi connectivity index (χ3n) is 2.42. The molecule has 2 rings (SSSR count). The largest absolute Gasteiger partial charge is 0.347 e. The highest BCUT2D eigenvalue weighted by Gasteiger charge is 2.10. The molecule has 1 N–H and O–H groups in total. The Hall–Kier alpha value is -0.840. The van der Waals surface area contributed by atoms with E-state index in [0.717, 1.165) is 19.2 Å². The molecule has 0 spiro atoms. The van der Waals surface area contributed by atoms with E-state index in [9.17, 15) is 4.79 Å². The molecule has 5 heteroatoms. The van der Waals surface area contributed by atoms with Crippen LogP contribution in [-0.2, 0) is 6.54 Å². The van der Waals surface area contributed by atoms with Crippen molar-refractivity contribution < 1.29 is 4.79 Å². The Kier molecular flexibility index (Phi) is 4.43. The first-order valence-corrected chi connectivity index (χ1v) is 7.33. The summed E-state index contributed by atoms with van der Waals surface area (Å²) in [6.07, 6.45) is 0. The summed E-state index contributed by atoms with van der Waals surface area (Å²) < 4.78 is 1.54. The zero-order valence-electron chi connectivity index (χ0n) is 9.67. The Morgan fingerprint density at radius 3 is 2.78 bits per heavy atom. The Morgan fingerprint density at radius 1 is 1.39 bits per heavy atom. The maximum absolute atomic E-state index is 12.0. The van der Waals surface area contributed by atoms with Gasteiger partial charge in [0.25, 0.3) is 5.91 Å². The Morgan fingerprint density at radius 2 is 2.17 bits per heavy atom. The number of nitrogens with one attached hydrogen (secondary N) is 1. The van der Waals surface area contributed by atoms with Crippen LogP contribution in [0.3, 0.4) is 0 Å². The van der Waals surface area contributed by atoms with Crippen LogP contribution in [0, 0.1) is 6.92 Å². The van der Waals surface area contributed by atoms with Gasteiger partial charge in [-0.15, -0.1) is 11.3 Å². The highest BCUT2D eigenvalue weighted by molar-refractivity contribution is 9.10. The van der Waals surface area contributed by atoms with E-state index in [-0.39, 0.29) is 5.91 Å². The highest BCUT2D eigenvalue weighted by atomic mass is 79.9. The first-order valence-electron chi connectivity index (χ1n) is 5.35. The van der Waals surface area contributed by atoms with Gasteiger partial charge in [0.1, 0.15) is 0 Å². The second-order valence-corrected chi connectivity index (χ2v) is 6.53. The van der Waals surface area contributed by atoms with E-state index >= 15 is 0 Å². The fraction of sp³-hybridized carbons (Fsp3) is 0.154. The number of aryl methyl sites for hydroxylation is 1. The van der Waals surface area contributed by atoms with Gasteiger partial charge in [-0.3, -0.25) is 4.79 Å². The summed E-state index contributed by atoms with van der Waals surface area (Å²) in [4.78, 5) is 13.0. The standard InChI is InChI=1S/C13H11BrClNOS/c1-8-2-4-10(11(14)6-8)13(17)16-7-9-3-5-12(15)18-9/h2-6H,7H2,1H3,(H,16,17). The molecule has 2 nitrogen and oxygen atoms in total. The lowest BCUT2D eigenvalue weighted by molar-refractivity contribution is 0.0950. The van der Waals surface area contributed by atoms with Crippen LogP contribution in [0.5, 0.6) is 0 Å². The van der Waals surface area contributed by atoms with E-state index < -0.39 is 0 Å². The highest BCUT2D eigenvalue weighted by Crippen LogP contribution is 2.22. The van der Waals surface area contributed by atoms with E-state index in [1.807, 2.05) is 37.3 Å². The number of amides is 1. The van der Waals surface area contributed by atoms with Crippen molar-refractivity contribution in [2.45, 2.75) is 13.5 Å². The molecule has 0 aliphatic rings. The van der Waals surface area contributed by atoms with Crippen molar-refractivity contribution in [3.05, 3.63) is 55.1 Å². The topological polar surface area (TPSA) is 29.1 Å². The maximum Gasteiger partial charge on any atom is 0.252 e. The monoisotopic (exact) mass is 343 g/mol.